The van der Waals surface area contributed by atoms with Crippen molar-refractivity contribution in [2.24, 2.45) is 5.41 Å². The largest absolute Gasteiger partial charge is 0.492 e. The Hall–Kier alpha value is -1.66. The van der Waals surface area contributed by atoms with Gasteiger partial charge in [0.2, 0.25) is 0 Å². The molecule has 0 aliphatic heterocycles. The minimum Gasteiger partial charge on any atom is -0.492 e. The zero-order chi connectivity index (χ0) is 15.1. The number of nitro benzene ring substituents is 1. The molecule has 1 aliphatic rings. The van der Waals surface area contributed by atoms with Gasteiger partial charge in [0, 0.05) is 38.9 Å². The van der Waals surface area contributed by atoms with Crippen LogP contribution in [0.3, 0.4) is 0 Å². The first-order valence-electron chi connectivity index (χ1n) is 7.22. The van der Waals surface area contributed by atoms with Crippen molar-refractivity contribution in [3.05, 3.63) is 34.4 Å². The van der Waals surface area contributed by atoms with Crippen LogP contribution in [0.5, 0.6) is 5.75 Å². The Morgan fingerprint density at radius 2 is 2.00 bits per heavy atom. The SMILES string of the molecule is COCCC1(CNCCOc2ccc([N+](=O)[O-])cc2)CC1. The molecule has 0 spiro atoms. The van der Waals surface area contributed by atoms with Gasteiger partial charge in [-0.3, -0.25) is 10.1 Å². The number of ether oxygens (including phenoxy) is 2. The second kappa shape index (κ2) is 7.38. The fourth-order valence-electron chi connectivity index (χ4n) is 2.27. The van der Waals surface area contributed by atoms with Crippen LogP contribution >= 0.6 is 0 Å². The average Bonchev–Trinajstić information content (AvgIpc) is 3.26. The van der Waals surface area contributed by atoms with Gasteiger partial charge in [-0.2, -0.15) is 0 Å². The highest BCUT2D eigenvalue weighted by atomic mass is 16.6. The molecule has 1 aliphatic carbocycles. The molecule has 0 saturated heterocycles. The molecule has 0 heterocycles. The lowest BCUT2D eigenvalue weighted by Crippen LogP contribution is -2.28. The molecule has 0 atom stereocenters. The minimum atomic E-state index is -0.416. The van der Waals surface area contributed by atoms with Crippen molar-refractivity contribution in [1.82, 2.24) is 5.32 Å². The Kier molecular flexibility index (Phi) is 5.52. The monoisotopic (exact) mass is 294 g/mol. The fourth-order valence-corrected chi connectivity index (χ4v) is 2.27. The molecular weight excluding hydrogens is 272 g/mol. The number of rotatable bonds is 10. The number of methoxy groups -OCH3 is 1. The van der Waals surface area contributed by atoms with Crippen LogP contribution in [0.1, 0.15) is 19.3 Å². The van der Waals surface area contributed by atoms with Crippen LogP contribution in [0.25, 0.3) is 0 Å². The maximum atomic E-state index is 10.5. The Morgan fingerprint density at radius 1 is 1.29 bits per heavy atom. The molecule has 0 bridgehead atoms. The molecule has 6 nitrogen and oxygen atoms in total. The van der Waals surface area contributed by atoms with Gasteiger partial charge < -0.3 is 14.8 Å². The van der Waals surface area contributed by atoms with Crippen LogP contribution in [0.4, 0.5) is 5.69 Å². The standard InChI is InChI=1S/C15H22N2O4/c1-20-10-8-15(6-7-15)12-16-9-11-21-14-4-2-13(3-5-14)17(18)19/h2-5,16H,6-12H2,1H3. The first-order chi connectivity index (χ1) is 10.2. The third-order valence-electron chi connectivity index (χ3n) is 3.89. The molecule has 1 aromatic rings. The fraction of sp³-hybridized carbons (Fsp3) is 0.600. The van der Waals surface area contributed by atoms with E-state index in [0.29, 0.717) is 17.8 Å². The van der Waals surface area contributed by atoms with Gasteiger partial charge in [-0.05, 0) is 36.8 Å². The third-order valence-corrected chi connectivity index (χ3v) is 3.89. The summed E-state index contributed by atoms with van der Waals surface area (Å²) in [5.74, 6) is 0.655. The lowest BCUT2D eigenvalue weighted by molar-refractivity contribution is -0.384. The van der Waals surface area contributed by atoms with E-state index in [1.54, 1.807) is 19.2 Å². The van der Waals surface area contributed by atoms with Crippen LogP contribution in [0.15, 0.2) is 24.3 Å². The van der Waals surface area contributed by atoms with E-state index in [1.807, 2.05) is 0 Å². The molecule has 0 unspecified atom stereocenters. The summed E-state index contributed by atoms with van der Waals surface area (Å²) in [6, 6.07) is 6.15. The summed E-state index contributed by atoms with van der Waals surface area (Å²) in [4.78, 5) is 10.1. The summed E-state index contributed by atoms with van der Waals surface area (Å²) in [5, 5.41) is 13.9. The van der Waals surface area contributed by atoms with E-state index >= 15 is 0 Å². The van der Waals surface area contributed by atoms with E-state index in [9.17, 15) is 10.1 Å². The lowest BCUT2D eigenvalue weighted by atomic mass is 10.0. The summed E-state index contributed by atoms with van der Waals surface area (Å²) >= 11 is 0. The molecule has 1 saturated carbocycles. The molecule has 1 N–H and O–H groups in total. The van der Waals surface area contributed by atoms with E-state index in [1.165, 1.54) is 25.0 Å². The van der Waals surface area contributed by atoms with Crippen LogP contribution in [-0.2, 0) is 4.74 Å². The molecule has 1 aromatic carbocycles. The first-order valence-corrected chi connectivity index (χ1v) is 7.22. The smallest absolute Gasteiger partial charge is 0.269 e. The van der Waals surface area contributed by atoms with Gasteiger partial charge in [-0.25, -0.2) is 0 Å². The van der Waals surface area contributed by atoms with Crippen molar-refractivity contribution >= 4 is 5.69 Å². The lowest BCUT2D eigenvalue weighted by Gasteiger charge is -2.15. The van der Waals surface area contributed by atoms with E-state index in [-0.39, 0.29) is 5.69 Å². The highest BCUT2D eigenvalue weighted by Crippen LogP contribution is 2.48. The molecule has 6 heteroatoms. The number of benzene rings is 1. The van der Waals surface area contributed by atoms with Gasteiger partial charge in [0.05, 0.1) is 4.92 Å². The highest BCUT2D eigenvalue weighted by Gasteiger charge is 2.41. The van der Waals surface area contributed by atoms with Crippen molar-refractivity contribution in [3.8, 4) is 5.75 Å². The Labute approximate surface area is 124 Å². The van der Waals surface area contributed by atoms with Crippen molar-refractivity contribution in [3.63, 3.8) is 0 Å². The predicted octanol–water partition coefficient (Wildman–Crippen LogP) is 2.38. The summed E-state index contributed by atoms with van der Waals surface area (Å²) in [6.45, 7) is 3.14. The number of hydrogen-bond acceptors (Lipinski definition) is 5. The number of nitrogens with zero attached hydrogens (tertiary/aromatic N) is 1. The summed E-state index contributed by atoms with van der Waals surface area (Å²) in [7, 11) is 1.74. The molecule has 0 radical (unpaired) electrons. The number of hydrogen-bond donors (Lipinski definition) is 1. The zero-order valence-corrected chi connectivity index (χ0v) is 12.3. The van der Waals surface area contributed by atoms with E-state index in [0.717, 1.165) is 26.1 Å². The minimum absolute atomic E-state index is 0.0780. The number of nitrogens with one attached hydrogen (secondary N) is 1. The normalized spacial score (nSPS) is 15.7. The molecule has 0 amide bonds. The predicted molar refractivity (Wildman–Crippen MR) is 79.6 cm³/mol. The number of non-ortho nitro benzene ring substituents is 1. The number of nitro groups is 1. The van der Waals surface area contributed by atoms with Gasteiger partial charge in [-0.1, -0.05) is 0 Å². The highest BCUT2D eigenvalue weighted by molar-refractivity contribution is 5.35. The second-order valence-corrected chi connectivity index (χ2v) is 5.52. The van der Waals surface area contributed by atoms with Crippen LogP contribution in [0, 0.1) is 15.5 Å². The quantitative estimate of drug-likeness (QED) is 0.407. The molecule has 1 fully saturated rings. The Bertz CT molecular complexity index is 457. The summed E-state index contributed by atoms with van der Waals surface area (Å²) < 4.78 is 10.7. The van der Waals surface area contributed by atoms with Gasteiger partial charge >= 0.3 is 0 Å². The van der Waals surface area contributed by atoms with E-state index < -0.39 is 4.92 Å². The van der Waals surface area contributed by atoms with Gasteiger partial charge in [0.25, 0.3) is 5.69 Å². The van der Waals surface area contributed by atoms with Gasteiger partial charge in [-0.15, -0.1) is 0 Å². The summed E-state index contributed by atoms with van der Waals surface area (Å²) in [6.07, 6.45) is 3.65. The van der Waals surface area contributed by atoms with Crippen molar-refractivity contribution in [1.29, 1.82) is 0 Å². The molecular formula is C15H22N2O4. The summed E-state index contributed by atoms with van der Waals surface area (Å²) in [5.41, 5.74) is 0.512. The van der Waals surface area contributed by atoms with E-state index in [2.05, 4.69) is 5.32 Å². The van der Waals surface area contributed by atoms with Crippen molar-refractivity contribution < 1.29 is 14.4 Å². The maximum absolute atomic E-state index is 10.5. The topological polar surface area (TPSA) is 73.6 Å². The van der Waals surface area contributed by atoms with Gasteiger partial charge in [0.15, 0.2) is 0 Å². The Morgan fingerprint density at radius 3 is 2.57 bits per heavy atom. The Balaban J connectivity index is 1.60. The van der Waals surface area contributed by atoms with Crippen molar-refractivity contribution in [2.45, 2.75) is 19.3 Å². The molecule has 2 rings (SSSR count). The van der Waals surface area contributed by atoms with Gasteiger partial charge in [0.1, 0.15) is 12.4 Å². The van der Waals surface area contributed by atoms with Crippen LogP contribution in [0.2, 0.25) is 0 Å². The van der Waals surface area contributed by atoms with Crippen LogP contribution in [-0.4, -0.2) is 38.3 Å². The third kappa shape index (κ3) is 4.99. The average molecular weight is 294 g/mol. The van der Waals surface area contributed by atoms with E-state index in [4.69, 9.17) is 9.47 Å². The molecule has 21 heavy (non-hydrogen) atoms. The first kappa shape index (κ1) is 15.7. The van der Waals surface area contributed by atoms with Crippen molar-refractivity contribution in [2.75, 3.05) is 33.4 Å². The molecule has 0 aromatic heterocycles. The maximum Gasteiger partial charge on any atom is 0.269 e. The van der Waals surface area contributed by atoms with Crippen LogP contribution < -0.4 is 10.1 Å². The zero-order valence-electron chi connectivity index (χ0n) is 12.3. The molecule has 116 valence electrons. The second-order valence-electron chi connectivity index (χ2n) is 5.52.